The van der Waals surface area contributed by atoms with Gasteiger partial charge in [-0.05, 0) is 101 Å². The van der Waals surface area contributed by atoms with Crippen molar-refractivity contribution in [3.63, 3.8) is 0 Å². The summed E-state index contributed by atoms with van der Waals surface area (Å²) < 4.78 is 0. The van der Waals surface area contributed by atoms with E-state index in [4.69, 9.17) is 10.6 Å². The van der Waals surface area contributed by atoms with Crippen LogP contribution in [-0.4, -0.2) is 55.3 Å². The maximum Gasteiger partial charge on any atom is 0.239 e. The molecule has 5 rings (SSSR count). The normalized spacial score (nSPS) is 40.5. The van der Waals surface area contributed by atoms with E-state index in [1.807, 2.05) is 5.06 Å². The first kappa shape index (κ1) is 27.4. The smallest absolute Gasteiger partial charge is 0.239 e. The van der Waals surface area contributed by atoms with E-state index >= 15 is 0 Å². The van der Waals surface area contributed by atoms with Gasteiger partial charge in [0.15, 0.2) is 0 Å². The molecule has 6 nitrogen and oxygen atoms in total. The molecule has 0 aromatic heterocycles. The molecule has 4 N–H and O–H groups in total. The number of nitrogens with zero attached hydrogens (tertiary/aromatic N) is 1. The van der Waals surface area contributed by atoms with Gasteiger partial charge in [-0.25, -0.2) is 0 Å². The Hall–Kier alpha value is -1.13. The van der Waals surface area contributed by atoms with Gasteiger partial charge < -0.3 is 16.4 Å². The van der Waals surface area contributed by atoms with Gasteiger partial charge in [0.1, 0.15) is 6.04 Å². The molecule has 5 atom stereocenters. The number of nitrogens with one attached hydrogen (secondary N) is 2. The summed E-state index contributed by atoms with van der Waals surface area (Å²) in [4.78, 5) is 19.4. The van der Waals surface area contributed by atoms with Gasteiger partial charge in [0, 0.05) is 43.9 Å². The zero-order valence-corrected chi connectivity index (χ0v) is 23.3. The second-order valence-corrected chi connectivity index (χ2v) is 13.1. The van der Waals surface area contributed by atoms with Gasteiger partial charge in [-0.1, -0.05) is 31.6 Å². The number of nitrogens with two attached hydrogens (primary N) is 1. The van der Waals surface area contributed by atoms with E-state index in [0.29, 0.717) is 36.6 Å². The van der Waals surface area contributed by atoms with Gasteiger partial charge in [0.25, 0.3) is 0 Å². The third-order valence-electron chi connectivity index (χ3n) is 10.4. The molecule has 0 bridgehead atoms. The summed E-state index contributed by atoms with van der Waals surface area (Å²) in [5.74, 6) is 11.6. The molecule has 2 aliphatic heterocycles. The number of carbonyl (C=O) groups excluding carboxylic acids is 1. The number of carbonyl (C=O) groups is 1. The zero-order chi connectivity index (χ0) is 25.6. The number of hydroxylamine groups is 2. The highest BCUT2D eigenvalue weighted by atomic mass is 16.7. The third-order valence-corrected chi connectivity index (χ3v) is 10.4. The summed E-state index contributed by atoms with van der Waals surface area (Å²) in [5.41, 5.74) is 5.95. The lowest BCUT2D eigenvalue weighted by Gasteiger charge is -2.31. The van der Waals surface area contributed by atoms with Crippen LogP contribution in [0.2, 0.25) is 0 Å². The molecule has 208 valence electrons. The Balaban J connectivity index is 1.05. The highest BCUT2D eigenvalue weighted by molar-refractivity contribution is 5.81. The molecular weight excluding hydrogens is 460 g/mol. The summed E-state index contributed by atoms with van der Waals surface area (Å²) in [6, 6.07) is 0.513. The molecule has 0 aromatic rings. The second kappa shape index (κ2) is 13.3. The molecule has 6 heteroatoms. The third kappa shape index (κ3) is 7.29. The van der Waals surface area contributed by atoms with E-state index in [2.05, 4.69) is 29.4 Å². The summed E-state index contributed by atoms with van der Waals surface area (Å²) >= 11 is 0. The van der Waals surface area contributed by atoms with Gasteiger partial charge in [-0.15, -0.1) is 0 Å². The fourth-order valence-electron chi connectivity index (χ4n) is 7.85. The quantitative estimate of drug-likeness (QED) is 0.445. The van der Waals surface area contributed by atoms with Crippen LogP contribution in [0.1, 0.15) is 96.8 Å². The molecule has 5 fully saturated rings. The molecule has 2 heterocycles. The van der Waals surface area contributed by atoms with E-state index in [1.54, 1.807) is 0 Å². The zero-order valence-electron chi connectivity index (χ0n) is 23.3. The van der Waals surface area contributed by atoms with Gasteiger partial charge in [-0.3, -0.25) is 9.63 Å². The first-order valence-electron chi connectivity index (χ1n) is 15.7. The van der Waals surface area contributed by atoms with Gasteiger partial charge >= 0.3 is 0 Å². The topological polar surface area (TPSA) is 79.6 Å². The highest BCUT2D eigenvalue weighted by Gasteiger charge is 2.40. The van der Waals surface area contributed by atoms with Gasteiger partial charge in [-0.2, -0.15) is 5.06 Å². The van der Waals surface area contributed by atoms with Crippen LogP contribution in [0.5, 0.6) is 0 Å². The maximum absolute atomic E-state index is 13.2. The minimum Gasteiger partial charge on any atom is -0.355 e. The molecule has 3 aliphatic carbocycles. The van der Waals surface area contributed by atoms with E-state index in [1.165, 1.54) is 77.0 Å². The molecule has 5 aliphatic rings. The average Bonchev–Trinajstić information content (AvgIpc) is 3.53. The van der Waals surface area contributed by atoms with Crippen LogP contribution in [0.15, 0.2) is 0 Å². The molecule has 37 heavy (non-hydrogen) atoms. The standard InChI is InChI=1S/C31H52N4O2/c1-22-6-8-23(9-7-22)10-11-24-12-14-25(15-13-24)21-35-30(18-27(19-32)37-35)31(36)33-17-16-26-20-34-29-5-3-2-4-28(26)29/h22-30,34H,2-9,12-21,32H2,1H3,(H,33,36). The number of amides is 1. The van der Waals surface area contributed by atoms with Crippen molar-refractivity contribution in [3.05, 3.63) is 0 Å². The van der Waals surface area contributed by atoms with E-state index in [-0.39, 0.29) is 18.1 Å². The SMILES string of the molecule is CC1CCC(C#CC2CCC(CN3OC(CN)CC3C(=O)NCCC3CNC4CCCCC34)CC2)CC1. The average molecular weight is 513 g/mol. The number of hydrogen-bond donors (Lipinski definition) is 3. The van der Waals surface area contributed by atoms with Gasteiger partial charge in [0.2, 0.25) is 5.91 Å². The summed E-state index contributed by atoms with van der Waals surface area (Å²) in [7, 11) is 0. The second-order valence-electron chi connectivity index (χ2n) is 13.1. The summed E-state index contributed by atoms with van der Waals surface area (Å²) in [6.07, 6.45) is 17.2. The Morgan fingerprint density at radius 1 is 1.00 bits per heavy atom. The largest absolute Gasteiger partial charge is 0.355 e. The molecule has 0 aromatic carbocycles. The number of fused-ring (bicyclic) bond motifs is 1. The monoisotopic (exact) mass is 512 g/mol. The predicted octanol–water partition coefficient (Wildman–Crippen LogP) is 4.24. The highest BCUT2D eigenvalue weighted by Crippen LogP contribution is 2.36. The van der Waals surface area contributed by atoms with Crippen LogP contribution < -0.4 is 16.4 Å². The lowest BCUT2D eigenvalue weighted by atomic mass is 9.79. The van der Waals surface area contributed by atoms with Crippen molar-refractivity contribution < 1.29 is 9.63 Å². The molecular formula is C31H52N4O2. The van der Waals surface area contributed by atoms with Crippen molar-refractivity contribution in [2.45, 2.75) is 115 Å². The van der Waals surface area contributed by atoms with Crippen LogP contribution in [-0.2, 0) is 9.63 Å². The van der Waals surface area contributed by atoms with E-state index in [0.717, 1.165) is 43.9 Å². The minimum atomic E-state index is -0.205. The first-order valence-corrected chi connectivity index (χ1v) is 15.7. The Kier molecular flexibility index (Phi) is 9.85. The van der Waals surface area contributed by atoms with E-state index in [9.17, 15) is 4.79 Å². The molecule has 5 unspecified atom stereocenters. The fourth-order valence-corrected chi connectivity index (χ4v) is 7.85. The van der Waals surface area contributed by atoms with Crippen molar-refractivity contribution in [1.82, 2.24) is 15.7 Å². The van der Waals surface area contributed by atoms with Crippen molar-refractivity contribution in [1.29, 1.82) is 0 Å². The first-order chi connectivity index (χ1) is 18.1. The van der Waals surface area contributed by atoms with Gasteiger partial charge in [0.05, 0.1) is 6.10 Å². The van der Waals surface area contributed by atoms with E-state index < -0.39 is 0 Å². The van der Waals surface area contributed by atoms with Crippen LogP contribution in [0.25, 0.3) is 0 Å². The molecule has 1 amide bonds. The lowest BCUT2D eigenvalue weighted by Crippen LogP contribution is -2.45. The van der Waals surface area contributed by atoms with Crippen molar-refractivity contribution in [2.75, 3.05) is 26.2 Å². The molecule has 3 saturated carbocycles. The molecule has 2 saturated heterocycles. The fraction of sp³-hybridized carbons (Fsp3) is 0.903. The number of rotatable bonds is 7. The summed E-state index contributed by atoms with van der Waals surface area (Å²) in [5, 5.41) is 8.99. The van der Waals surface area contributed by atoms with Crippen molar-refractivity contribution in [2.24, 2.45) is 41.2 Å². The summed E-state index contributed by atoms with van der Waals surface area (Å²) in [6.45, 7) is 5.57. The number of hydrogen-bond acceptors (Lipinski definition) is 5. The maximum atomic E-state index is 13.2. The predicted molar refractivity (Wildman–Crippen MR) is 148 cm³/mol. The van der Waals surface area contributed by atoms with Crippen LogP contribution in [0, 0.1) is 47.3 Å². The molecule has 0 radical (unpaired) electrons. The Bertz CT molecular complexity index is 793. The van der Waals surface area contributed by atoms with Crippen molar-refractivity contribution >= 4 is 5.91 Å². The van der Waals surface area contributed by atoms with Crippen LogP contribution in [0.4, 0.5) is 0 Å². The minimum absolute atomic E-state index is 0.0433. The Morgan fingerprint density at radius 3 is 2.43 bits per heavy atom. The molecule has 0 spiro atoms. The lowest BCUT2D eigenvalue weighted by molar-refractivity contribution is -0.174. The van der Waals surface area contributed by atoms with Crippen LogP contribution >= 0.6 is 0 Å². The van der Waals surface area contributed by atoms with Crippen molar-refractivity contribution in [3.8, 4) is 11.8 Å². The van der Waals surface area contributed by atoms with Crippen LogP contribution in [0.3, 0.4) is 0 Å². The Labute approximate surface area is 225 Å². The Morgan fingerprint density at radius 2 is 1.70 bits per heavy atom.